The highest BCUT2D eigenvalue weighted by Gasteiger charge is 2.53. The number of nitriles is 1. The van der Waals surface area contributed by atoms with E-state index < -0.39 is 10.9 Å². The van der Waals surface area contributed by atoms with Crippen LogP contribution in [0, 0.1) is 29.1 Å². The Kier molecular flexibility index (Phi) is 6.26. The molecule has 1 unspecified atom stereocenters. The number of carbonyl (C=O) groups is 1. The van der Waals surface area contributed by atoms with E-state index in [2.05, 4.69) is 0 Å². The standard InChI is InChI=1S/C21H19Cl2NO3/c1-13-17(11-19(22)23)20(13)21(25)27-18(12-24)14-6-5-9-16(10-14)26-15-7-3-2-4-8-15/h2-10,13,17-20H,11H2,1H3/t13?,17-,18-,20+/m1/s1. The highest BCUT2D eigenvalue weighted by molar-refractivity contribution is 6.44. The minimum atomic E-state index is -0.993. The molecule has 4 nitrogen and oxygen atoms in total. The van der Waals surface area contributed by atoms with Crippen molar-refractivity contribution in [2.24, 2.45) is 17.8 Å². The van der Waals surface area contributed by atoms with E-state index in [1.807, 2.05) is 43.3 Å². The predicted molar refractivity (Wildman–Crippen MR) is 104 cm³/mol. The molecule has 6 heteroatoms. The normalized spacial score (nSPS) is 22.0. The molecule has 2 aromatic rings. The van der Waals surface area contributed by atoms with Crippen LogP contribution < -0.4 is 4.74 Å². The van der Waals surface area contributed by atoms with E-state index in [9.17, 15) is 10.1 Å². The molecule has 0 aromatic heterocycles. The molecule has 1 aliphatic carbocycles. The lowest BCUT2D eigenvalue weighted by atomic mass is 10.1. The summed E-state index contributed by atoms with van der Waals surface area (Å²) in [5.41, 5.74) is 0.566. The number of halogens is 2. The van der Waals surface area contributed by atoms with Gasteiger partial charge in [0.05, 0.1) is 5.92 Å². The average molecular weight is 404 g/mol. The van der Waals surface area contributed by atoms with Crippen molar-refractivity contribution in [1.29, 1.82) is 5.26 Å². The molecule has 0 N–H and O–H groups in total. The Balaban J connectivity index is 1.67. The van der Waals surface area contributed by atoms with Gasteiger partial charge in [-0.2, -0.15) is 5.26 Å². The zero-order valence-electron chi connectivity index (χ0n) is 14.7. The van der Waals surface area contributed by atoms with Gasteiger partial charge in [-0.3, -0.25) is 4.79 Å². The molecule has 2 aromatic carbocycles. The Bertz CT molecular complexity index is 835. The SMILES string of the molecule is CC1[C@@H](CC(Cl)Cl)[C@H]1C(=O)O[C@H](C#N)c1cccc(Oc2ccccc2)c1. The predicted octanol–water partition coefficient (Wildman–Crippen LogP) is 5.66. The first kappa shape index (κ1) is 19.5. The van der Waals surface area contributed by atoms with Crippen LogP contribution in [-0.4, -0.2) is 10.8 Å². The number of rotatable bonds is 7. The minimum Gasteiger partial charge on any atom is -0.457 e. The molecular formula is C21H19Cl2NO3. The highest BCUT2D eigenvalue weighted by atomic mass is 35.5. The van der Waals surface area contributed by atoms with Gasteiger partial charge in [0.25, 0.3) is 0 Å². The van der Waals surface area contributed by atoms with E-state index in [0.29, 0.717) is 23.5 Å². The van der Waals surface area contributed by atoms with E-state index in [-0.39, 0.29) is 23.7 Å². The third kappa shape index (κ3) is 4.94. The molecular weight excluding hydrogens is 385 g/mol. The summed E-state index contributed by atoms with van der Waals surface area (Å²) in [5, 5.41) is 9.48. The van der Waals surface area contributed by atoms with Gasteiger partial charge in [-0.25, -0.2) is 0 Å². The number of carbonyl (C=O) groups excluding carboxylic acids is 1. The lowest BCUT2D eigenvalue weighted by molar-refractivity contribution is -0.149. The van der Waals surface area contributed by atoms with Gasteiger partial charge in [-0.15, -0.1) is 23.2 Å². The number of hydrogen-bond acceptors (Lipinski definition) is 4. The minimum absolute atomic E-state index is 0.101. The lowest BCUT2D eigenvalue weighted by Crippen LogP contribution is -2.13. The first-order chi connectivity index (χ1) is 13.0. The number of alkyl halides is 2. The molecule has 1 saturated carbocycles. The summed E-state index contributed by atoms with van der Waals surface area (Å²) in [5.74, 6) is 0.868. The van der Waals surface area contributed by atoms with E-state index in [1.54, 1.807) is 24.3 Å². The Morgan fingerprint density at radius 3 is 2.52 bits per heavy atom. The third-order valence-corrected chi connectivity index (χ3v) is 5.13. The maximum absolute atomic E-state index is 12.4. The number of esters is 1. The Labute approximate surface area is 168 Å². The van der Waals surface area contributed by atoms with Crippen molar-refractivity contribution < 1.29 is 14.3 Å². The van der Waals surface area contributed by atoms with E-state index in [4.69, 9.17) is 32.7 Å². The fourth-order valence-corrected chi connectivity index (χ4v) is 3.64. The summed E-state index contributed by atoms with van der Waals surface area (Å²) in [6.07, 6.45) is -0.449. The second kappa shape index (κ2) is 8.65. The van der Waals surface area contributed by atoms with Gasteiger partial charge in [-0.1, -0.05) is 37.3 Å². The summed E-state index contributed by atoms with van der Waals surface area (Å²) in [4.78, 5) is 11.9. The van der Waals surface area contributed by atoms with Crippen molar-refractivity contribution in [2.45, 2.75) is 24.3 Å². The van der Waals surface area contributed by atoms with E-state index >= 15 is 0 Å². The largest absolute Gasteiger partial charge is 0.457 e. The number of nitrogens with zero attached hydrogens (tertiary/aromatic N) is 1. The van der Waals surface area contributed by atoms with Crippen LogP contribution in [-0.2, 0) is 9.53 Å². The van der Waals surface area contributed by atoms with E-state index in [0.717, 1.165) is 0 Å². The molecule has 0 bridgehead atoms. The Morgan fingerprint density at radius 1 is 1.15 bits per heavy atom. The molecule has 0 amide bonds. The molecule has 0 aliphatic heterocycles. The van der Waals surface area contributed by atoms with Crippen molar-refractivity contribution in [2.75, 3.05) is 0 Å². The molecule has 1 fully saturated rings. The molecule has 140 valence electrons. The van der Waals surface area contributed by atoms with Crippen LogP contribution in [0.1, 0.15) is 25.0 Å². The number of para-hydroxylation sites is 1. The lowest BCUT2D eigenvalue weighted by Gasteiger charge is -2.13. The summed E-state index contributed by atoms with van der Waals surface area (Å²) >= 11 is 11.6. The monoisotopic (exact) mass is 403 g/mol. The number of ether oxygens (including phenoxy) is 2. The van der Waals surface area contributed by atoms with E-state index in [1.165, 1.54) is 0 Å². The molecule has 0 heterocycles. The molecule has 0 spiro atoms. The summed E-state index contributed by atoms with van der Waals surface area (Å²) in [6.45, 7) is 1.96. The Morgan fingerprint density at radius 2 is 1.85 bits per heavy atom. The fourth-order valence-electron chi connectivity index (χ4n) is 3.23. The first-order valence-corrected chi connectivity index (χ1v) is 9.58. The van der Waals surface area contributed by atoms with Gasteiger partial charge in [0.1, 0.15) is 22.4 Å². The van der Waals surface area contributed by atoms with Gasteiger partial charge in [0, 0.05) is 5.56 Å². The summed E-state index contributed by atoms with van der Waals surface area (Å²) in [6, 6.07) is 18.4. The van der Waals surface area contributed by atoms with Crippen LogP contribution >= 0.6 is 23.2 Å². The topological polar surface area (TPSA) is 59.3 Å². The van der Waals surface area contributed by atoms with Gasteiger partial charge >= 0.3 is 5.97 Å². The van der Waals surface area contributed by atoms with Gasteiger partial charge in [0.15, 0.2) is 0 Å². The van der Waals surface area contributed by atoms with Gasteiger partial charge in [-0.05, 0) is 42.5 Å². The smallest absolute Gasteiger partial charge is 0.311 e. The van der Waals surface area contributed by atoms with Crippen LogP contribution in [0.2, 0.25) is 0 Å². The van der Waals surface area contributed by atoms with Crippen molar-refractivity contribution >= 4 is 29.2 Å². The van der Waals surface area contributed by atoms with Crippen molar-refractivity contribution in [3.05, 3.63) is 60.2 Å². The first-order valence-electron chi connectivity index (χ1n) is 8.70. The van der Waals surface area contributed by atoms with Crippen molar-refractivity contribution in [1.82, 2.24) is 0 Å². The second-order valence-corrected chi connectivity index (χ2v) is 7.89. The molecule has 1 aliphatic rings. The van der Waals surface area contributed by atoms with Crippen LogP contribution in [0.25, 0.3) is 0 Å². The molecule has 4 atom stereocenters. The molecule has 27 heavy (non-hydrogen) atoms. The Hall–Kier alpha value is -2.22. The van der Waals surface area contributed by atoms with Gasteiger partial charge < -0.3 is 9.47 Å². The quantitative estimate of drug-likeness (QED) is 0.441. The molecule has 3 rings (SSSR count). The van der Waals surface area contributed by atoms with Crippen LogP contribution in [0.4, 0.5) is 0 Å². The summed E-state index contributed by atoms with van der Waals surface area (Å²) in [7, 11) is 0. The highest BCUT2D eigenvalue weighted by Crippen LogP contribution is 2.51. The average Bonchev–Trinajstić information content (AvgIpc) is 3.28. The molecule has 0 radical (unpaired) electrons. The second-order valence-electron chi connectivity index (χ2n) is 6.61. The van der Waals surface area contributed by atoms with Crippen LogP contribution in [0.5, 0.6) is 11.5 Å². The van der Waals surface area contributed by atoms with Crippen LogP contribution in [0.15, 0.2) is 54.6 Å². The van der Waals surface area contributed by atoms with Crippen molar-refractivity contribution in [3.63, 3.8) is 0 Å². The molecule has 0 saturated heterocycles. The summed E-state index contributed by atoms with van der Waals surface area (Å²) < 4.78 is 11.2. The van der Waals surface area contributed by atoms with Crippen molar-refractivity contribution in [3.8, 4) is 17.6 Å². The zero-order chi connectivity index (χ0) is 19.4. The third-order valence-electron chi connectivity index (χ3n) is 4.78. The number of hydrogen-bond donors (Lipinski definition) is 0. The number of benzene rings is 2. The van der Waals surface area contributed by atoms with Crippen LogP contribution in [0.3, 0.4) is 0 Å². The van der Waals surface area contributed by atoms with Gasteiger partial charge in [0.2, 0.25) is 6.10 Å². The fraction of sp³-hybridized carbons (Fsp3) is 0.333. The zero-order valence-corrected chi connectivity index (χ0v) is 16.2. The maximum atomic E-state index is 12.4. The maximum Gasteiger partial charge on any atom is 0.311 e.